The second-order valence-electron chi connectivity index (χ2n) is 7.30. The van der Waals surface area contributed by atoms with Gasteiger partial charge >= 0.3 is 0 Å². The third-order valence-corrected chi connectivity index (χ3v) is 5.49. The minimum atomic E-state index is -0.00334. The van der Waals surface area contributed by atoms with E-state index in [4.69, 9.17) is 14.2 Å². The summed E-state index contributed by atoms with van der Waals surface area (Å²) in [5.74, 6) is 2.09. The van der Waals surface area contributed by atoms with E-state index in [2.05, 4.69) is 6.58 Å². The Bertz CT molecular complexity index is 960. The molecule has 2 aromatic rings. The summed E-state index contributed by atoms with van der Waals surface area (Å²) < 4.78 is 16.2. The molecule has 0 atom stereocenters. The Hall–Kier alpha value is -3.21. The third-order valence-electron chi connectivity index (χ3n) is 5.49. The monoisotopic (exact) mass is 407 g/mol. The number of hydrogen-bond acceptors (Lipinski definition) is 4. The summed E-state index contributed by atoms with van der Waals surface area (Å²) in [6, 6.07) is 11.7. The average molecular weight is 408 g/mol. The van der Waals surface area contributed by atoms with E-state index in [1.807, 2.05) is 48.2 Å². The number of carbonyl (C=O) groups is 1. The van der Waals surface area contributed by atoms with Crippen molar-refractivity contribution in [3.63, 3.8) is 0 Å². The first-order chi connectivity index (χ1) is 14.5. The minimum Gasteiger partial charge on any atom is -0.497 e. The number of aryl methyl sites for hydroxylation is 1. The Morgan fingerprint density at radius 2 is 1.73 bits per heavy atom. The summed E-state index contributed by atoms with van der Waals surface area (Å²) in [4.78, 5) is 15.6. The molecule has 158 valence electrons. The lowest BCUT2D eigenvalue weighted by atomic mass is 9.90. The van der Waals surface area contributed by atoms with Crippen LogP contribution in [0.5, 0.6) is 17.2 Å². The molecule has 0 fully saturated rings. The standard InChI is InChI=1S/C25H29NO4/c1-6-17(2)24-21-15-23(30-5)22(29-4)14-19(21)8-7-13-26(25(24)27)16-18-9-11-20(28-3)12-10-18/h6,9-12,14-15H,1,7-8,13,16H2,2-5H3/b24-17+. The van der Waals surface area contributed by atoms with Crippen LogP contribution in [0, 0.1) is 0 Å². The molecule has 1 amide bonds. The maximum absolute atomic E-state index is 13.7. The molecule has 30 heavy (non-hydrogen) atoms. The molecule has 0 aromatic heterocycles. The van der Waals surface area contributed by atoms with E-state index in [9.17, 15) is 4.79 Å². The maximum Gasteiger partial charge on any atom is 0.255 e. The SMILES string of the molecule is C=C/C(C)=C1/C(=O)N(Cc2ccc(OC)cc2)CCCc2cc(OC)c(OC)cc21. The van der Waals surface area contributed by atoms with Crippen LogP contribution in [-0.4, -0.2) is 38.7 Å². The van der Waals surface area contributed by atoms with Crippen LogP contribution in [0.3, 0.4) is 0 Å². The van der Waals surface area contributed by atoms with Gasteiger partial charge < -0.3 is 19.1 Å². The van der Waals surface area contributed by atoms with E-state index in [-0.39, 0.29) is 5.91 Å². The van der Waals surface area contributed by atoms with Crippen molar-refractivity contribution in [1.29, 1.82) is 0 Å². The molecule has 5 nitrogen and oxygen atoms in total. The van der Waals surface area contributed by atoms with Crippen molar-refractivity contribution >= 4 is 11.5 Å². The molecule has 1 aliphatic heterocycles. The summed E-state index contributed by atoms with van der Waals surface area (Å²) >= 11 is 0. The molecule has 2 aromatic carbocycles. The number of benzene rings is 2. The molecule has 0 saturated carbocycles. The van der Waals surface area contributed by atoms with Gasteiger partial charge in [0.05, 0.1) is 26.9 Å². The van der Waals surface area contributed by atoms with Gasteiger partial charge in [-0.2, -0.15) is 0 Å². The molecule has 0 saturated heterocycles. The van der Waals surface area contributed by atoms with E-state index >= 15 is 0 Å². The van der Waals surface area contributed by atoms with E-state index in [1.165, 1.54) is 0 Å². The predicted molar refractivity (Wildman–Crippen MR) is 119 cm³/mol. The van der Waals surface area contributed by atoms with Gasteiger partial charge in [-0.3, -0.25) is 4.79 Å². The van der Waals surface area contributed by atoms with Gasteiger partial charge in [-0.05, 0) is 66.3 Å². The van der Waals surface area contributed by atoms with Crippen LogP contribution in [0.25, 0.3) is 5.57 Å². The number of ether oxygens (including phenoxy) is 3. The minimum absolute atomic E-state index is 0.00334. The predicted octanol–water partition coefficient (Wildman–Crippen LogP) is 4.65. The smallest absolute Gasteiger partial charge is 0.255 e. The Kier molecular flexibility index (Phi) is 6.83. The van der Waals surface area contributed by atoms with Gasteiger partial charge in [-0.1, -0.05) is 24.8 Å². The lowest BCUT2D eigenvalue weighted by molar-refractivity contribution is -0.125. The Labute approximate surface area is 178 Å². The average Bonchev–Trinajstić information content (AvgIpc) is 2.78. The van der Waals surface area contributed by atoms with Crippen LogP contribution in [-0.2, 0) is 17.8 Å². The number of carbonyl (C=O) groups excluding carboxylic acids is 1. The van der Waals surface area contributed by atoms with E-state index in [0.717, 1.165) is 40.9 Å². The molecule has 3 rings (SSSR count). The third kappa shape index (κ3) is 4.35. The molecular weight excluding hydrogens is 378 g/mol. The summed E-state index contributed by atoms with van der Waals surface area (Å²) in [7, 11) is 4.88. The zero-order valence-electron chi connectivity index (χ0n) is 18.2. The summed E-state index contributed by atoms with van der Waals surface area (Å²) in [6.45, 7) is 7.04. The molecule has 1 heterocycles. The first kappa shape index (κ1) is 21.5. The fraction of sp³-hybridized carbons (Fsp3) is 0.320. The van der Waals surface area contributed by atoms with Crippen LogP contribution in [0.2, 0.25) is 0 Å². The van der Waals surface area contributed by atoms with Crippen molar-refractivity contribution < 1.29 is 19.0 Å². The molecule has 5 heteroatoms. The van der Waals surface area contributed by atoms with Gasteiger partial charge in [0, 0.05) is 13.1 Å². The van der Waals surface area contributed by atoms with Crippen molar-refractivity contribution in [1.82, 2.24) is 4.90 Å². The normalized spacial score (nSPS) is 15.6. The Balaban J connectivity index is 2.04. The zero-order valence-corrected chi connectivity index (χ0v) is 18.2. The van der Waals surface area contributed by atoms with E-state index in [0.29, 0.717) is 30.2 Å². The van der Waals surface area contributed by atoms with Crippen molar-refractivity contribution in [2.45, 2.75) is 26.3 Å². The zero-order chi connectivity index (χ0) is 21.7. The summed E-state index contributed by atoms with van der Waals surface area (Å²) in [5, 5.41) is 0. The number of fused-ring (bicyclic) bond motifs is 1. The number of hydrogen-bond donors (Lipinski definition) is 0. The van der Waals surface area contributed by atoms with Crippen LogP contribution in [0.1, 0.15) is 30.0 Å². The van der Waals surface area contributed by atoms with Gasteiger partial charge in [-0.25, -0.2) is 0 Å². The lowest BCUT2D eigenvalue weighted by Gasteiger charge is -2.29. The molecule has 0 bridgehead atoms. The van der Waals surface area contributed by atoms with Gasteiger partial charge in [0.2, 0.25) is 0 Å². The highest BCUT2D eigenvalue weighted by Crippen LogP contribution is 2.37. The fourth-order valence-corrected chi connectivity index (χ4v) is 3.78. The van der Waals surface area contributed by atoms with Gasteiger partial charge in [0.25, 0.3) is 5.91 Å². The molecule has 0 N–H and O–H groups in total. The van der Waals surface area contributed by atoms with Crippen molar-refractivity contribution in [3.8, 4) is 17.2 Å². The number of nitrogens with zero attached hydrogens (tertiary/aromatic N) is 1. The second kappa shape index (κ2) is 9.53. The van der Waals surface area contributed by atoms with E-state index < -0.39 is 0 Å². The summed E-state index contributed by atoms with van der Waals surface area (Å²) in [6.07, 6.45) is 3.45. The summed E-state index contributed by atoms with van der Waals surface area (Å²) in [5.41, 5.74) is 4.54. The van der Waals surface area contributed by atoms with Crippen LogP contribution < -0.4 is 14.2 Å². The van der Waals surface area contributed by atoms with Crippen molar-refractivity contribution in [2.75, 3.05) is 27.9 Å². The van der Waals surface area contributed by atoms with Crippen molar-refractivity contribution in [2.24, 2.45) is 0 Å². The van der Waals surface area contributed by atoms with Gasteiger partial charge in [0.1, 0.15) is 5.75 Å². The van der Waals surface area contributed by atoms with Crippen LogP contribution in [0.4, 0.5) is 0 Å². The second-order valence-corrected chi connectivity index (χ2v) is 7.30. The number of allylic oxidation sites excluding steroid dienone is 2. The molecule has 0 radical (unpaired) electrons. The lowest BCUT2D eigenvalue weighted by Crippen LogP contribution is -2.34. The number of methoxy groups -OCH3 is 3. The van der Waals surface area contributed by atoms with Crippen molar-refractivity contribution in [3.05, 3.63) is 71.3 Å². The number of rotatable bonds is 6. The molecule has 0 aliphatic carbocycles. The number of amides is 1. The van der Waals surface area contributed by atoms with Gasteiger partial charge in [0.15, 0.2) is 11.5 Å². The topological polar surface area (TPSA) is 48.0 Å². The highest BCUT2D eigenvalue weighted by molar-refractivity contribution is 6.21. The highest BCUT2D eigenvalue weighted by Gasteiger charge is 2.27. The highest BCUT2D eigenvalue weighted by atomic mass is 16.5. The van der Waals surface area contributed by atoms with Gasteiger partial charge in [-0.15, -0.1) is 0 Å². The quantitative estimate of drug-likeness (QED) is 0.654. The molecule has 1 aliphatic rings. The van der Waals surface area contributed by atoms with Crippen LogP contribution >= 0.6 is 0 Å². The Morgan fingerprint density at radius 1 is 1.07 bits per heavy atom. The molecular formula is C25H29NO4. The fourth-order valence-electron chi connectivity index (χ4n) is 3.78. The maximum atomic E-state index is 13.7. The largest absolute Gasteiger partial charge is 0.497 e. The first-order valence-corrected chi connectivity index (χ1v) is 10.0. The molecule has 0 spiro atoms. The van der Waals surface area contributed by atoms with Crippen LogP contribution in [0.15, 0.2) is 54.6 Å². The Morgan fingerprint density at radius 3 is 2.33 bits per heavy atom. The first-order valence-electron chi connectivity index (χ1n) is 10.0. The van der Waals surface area contributed by atoms with E-state index in [1.54, 1.807) is 27.4 Å². The molecule has 0 unspecified atom stereocenters.